The second-order valence-corrected chi connectivity index (χ2v) is 9.32. The SMILES string of the molecule is COC(OC)C(C)NC(=O)c1csc(C2CCN(C(=O)c3nnc4cc(C)nn4c3C)CC2)n1. The van der Waals surface area contributed by atoms with Gasteiger partial charge in [0.15, 0.2) is 17.6 Å². The number of fused-ring (bicyclic) bond motifs is 1. The maximum absolute atomic E-state index is 13.1. The normalized spacial score (nSPS) is 15.8. The van der Waals surface area contributed by atoms with Crippen LogP contribution in [0.25, 0.3) is 5.65 Å². The molecule has 1 saturated heterocycles. The number of piperidine rings is 1. The molecule has 0 saturated carbocycles. The van der Waals surface area contributed by atoms with Crippen molar-refractivity contribution in [1.82, 2.24) is 35.0 Å². The minimum atomic E-state index is -0.532. The molecule has 0 aliphatic carbocycles. The monoisotopic (exact) mass is 487 g/mol. The average molecular weight is 488 g/mol. The Hall–Kier alpha value is -2.96. The third-order valence-electron chi connectivity index (χ3n) is 6.05. The highest BCUT2D eigenvalue weighted by Gasteiger charge is 2.29. The second kappa shape index (κ2) is 10.1. The topological polar surface area (TPSA) is 124 Å². The van der Waals surface area contributed by atoms with Crippen molar-refractivity contribution in [2.75, 3.05) is 27.3 Å². The summed E-state index contributed by atoms with van der Waals surface area (Å²) < 4.78 is 12.0. The van der Waals surface area contributed by atoms with Gasteiger partial charge in [0.2, 0.25) is 0 Å². The molecule has 1 fully saturated rings. The van der Waals surface area contributed by atoms with Crippen molar-refractivity contribution in [3.05, 3.63) is 39.2 Å². The first-order chi connectivity index (χ1) is 16.3. The highest BCUT2D eigenvalue weighted by atomic mass is 32.1. The third kappa shape index (κ3) is 4.79. The molecule has 2 amide bonds. The molecule has 1 unspecified atom stereocenters. The maximum Gasteiger partial charge on any atom is 0.276 e. The van der Waals surface area contributed by atoms with E-state index in [2.05, 4.69) is 25.6 Å². The number of thiazole rings is 1. The molecule has 12 heteroatoms. The van der Waals surface area contributed by atoms with Crippen LogP contribution < -0.4 is 5.32 Å². The van der Waals surface area contributed by atoms with Crippen LogP contribution in [0.5, 0.6) is 0 Å². The van der Waals surface area contributed by atoms with Gasteiger partial charge in [0.25, 0.3) is 11.8 Å². The van der Waals surface area contributed by atoms with E-state index in [1.54, 1.807) is 14.8 Å². The van der Waals surface area contributed by atoms with E-state index in [9.17, 15) is 9.59 Å². The fraction of sp³-hybridized carbons (Fsp3) is 0.545. The van der Waals surface area contributed by atoms with Crippen LogP contribution in [0.2, 0.25) is 0 Å². The van der Waals surface area contributed by atoms with Gasteiger partial charge in [-0.05, 0) is 33.6 Å². The van der Waals surface area contributed by atoms with Crippen LogP contribution in [0.1, 0.15) is 63.1 Å². The third-order valence-corrected chi connectivity index (χ3v) is 7.05. The molecular weight excluding hydrogens is 458 g/mol. The summed E-state index contributed by atoms with van der Waals surface area (Å²) in [5.74, 6) is -0.209. The van der Waals surface area contributed by atoms with E-state index in [0.717, 1.165) is 23.5 Å². The molecule has 0 spiro atoms. The summed E-state index contributed by atoms with van der Waals surface area (Å²) >= 11 is 1.47. The van der Waals surface area contributed by atoms with E-state index >= 15 is 0 Å². The van der Waals surface area contributed by atoms with E-state index < -0.39 is 6.29 Å². The zero-order chi connectivity index (χ0) is 24.4. The largest absolute Gasteiger partial charge is 0.354 e. The molecular formula is C22H29N7O4S. The number of methoxy groups -OCH3 is 2. The fourth-order valence-electron chi connectivity index (χ4n) is 4.19. The number of hydrogen-bond donors (Lipinski definition) is 1. The van der Waals surface area contributed by atoms with Crippen molar-refractivity contribution in [2.45, 2.75) is 51.9 Å². The zero-order valence-corrected chi connectivity index (χ0v) is 20.8. The number of nitrogens with one attached hydrogen (secondary N) is 1. The van der Waals surface area contributed by atoms with Crippen LogP contribution in [0.4, 0.5) is 0 Å². The Balaban J connectivity index is 1.37. The molecule has 11 nitrogen and oxygen atoms in total. The number of aryl methyl sites for hydroxylation is 2. The number of carbonyl (C=O) groups excluding carboxylic acids is 2. The van der Waals surface area contributed by atoms with Crippen LogP contribution in [-0.4, -0.2) is 81.2 Å². The lowest BCUT2D eigenvalue weighted by molar-refractivity contribution is -0.117. The summed E-state index contributed by atoms with van der Waals surface area (Å²) in [7, 11) is 3.05. The molecule has 1 aliphatic rings. The first-order valence-corrected chi connectivity index (χ1v) is 12.0. The number of rotatable bonds is 7. The Kier molecular flexibility index (Phi) is 7.19. The van der Waals surface area contributed by atoms with Crippen molar-refractivity contribution in [1.29, 1.82) is 0 Å². The molecule has 0 aromatic carbocycles. The summed E-state index contributed by atoms with van der Waals surface area (Å²) in [5.41, 5.74) is 2.83. The van der Waals surface area contributed by atoms with Gasteiger partial charge in [-0.1, -0.05) is 0 Å². The van der Waals surface area contributed by atoms with Crippen LogP contribution in [0, 0.1) is 13.8 Å². The Morgan fingerprint density at radius 2 is 1.88 bits per heavy atom. The smallest absolute Gasteiger partial charge is 0.276 e. The van der Waals surface area contributed by atoms with Gasteiger partial charge in [-0.2, -0.15) is 5.10 Å². The summed E-state index contributed by atoms with van der Waals surface area (Å²) in [4.78, 5) is 32.0. The van der Waals surface area contributed by atoms with Crippen molar-refractivity contribution < 1.29 is 19.1 Å². The minimum Gasteiger partial charge on any atom is -0.354 e. The summed E-state index contributed by atoms with van der Waals surface area (Å²) in [5, 5.41) is 18.2. The van der Waals surface area contributed by atoms with E-state index in [1.165, 1.54) is 25.6 Å². The number of ether oxygens (including phenoxy) is 2. The van der Waals surface area contributed by atoms with E-state index in [4.69, 9.17) is 9.47 Å². The molecule has 3 aromatic heterocycles. The molecule has 4 heterocycles. The molecule has 1 aliphatic heterocycles. The van der Waals surface area contributed by atoms with Crippen molar-refractivity contribution in [2.24, 2.45) is 0 Å². The van der Waals surface area contributed by atoms with Gasteiger partial charge in [0, 0.05) is 44.7 Å². The first-order valence-electron chi connectivity index (χ1n) is 11.1. The molecule has 34 heavy (non-hydrogen) atoms. The Morgan fingerprint density at radius 3 is 2.56 bits per heavy atom. The Bertz CT molecular complexity index is 1180. The van der Waals surface area contributed by atoms with E-state index in [1.807, 2.05) is 26.8 Å². The second-order valence-electron chi connectivity index (χ2n) is 8.43. The highest BCUT2D eigenvalue weighted by molar-refractivity contribution is 7.09. The molecule has 1 atom stereocenters. The van der Waals surface area contributed by atoms with Gasteiger partial charge in [-0.15, -0.1) is 21.5 Å². The number of hydrogen-bond acceptors (Lipinski definition) is 9. The fourth-order valence-corrected chi connectivity index (χ4v) is 5.16. The summed E-state index contributed by atoms with van der Waals surface area (Å²) in [6.07, 6.45) is 0.999. The number of aromatic nitrogens is 5. The number of amides is 2. The average Bonchev–Trinajstić information content (AvgIpc) is 3.47. The van der Waals surface area contributed by atoms with Gasteiger partial charge < -0.3 is 19.7 Å². The lowest BCUT2D eigenvalue weighted by atomic mass is 9.97. The lowest BCUT2D eigenvalue weighted by Crippen LogP contribution is -2.43. The number of likely N-dealkylation sites (tertiary alicyclic amines) is 1. The quantitative estimate of drug-likeness (QED) is 0.502. The Morgan fingerprint density at radius 1 is 1.18 bits per heavy atom. The van der Waals surface area contributed by atoms with Crippen molar-refractivity contribution in [3.8, 4) is 0 Å². The molecule has 0 radical (unpaired) electrons. The predicted molar refractivity (Wildman–Crippen MR) is 125 cm³/mol. The van der Waals surface area contributed by atoms with Crippen LogP contribution >= 0.6 is 11.3 Å². The first kappa shape index (κ1) is 24.2. The van der Waals surface area contributed by atoms with Gasteiger partial charge >= 0.3 is 0 Å². The minimum absolute atomic E-state index is 0.141. The summed E-state index contributed by atoms with van der Waals surface area (Å²) in [6, 6.07) is 1.51. The van der Waals surface area contributed by atoms with Crippen LogP contribution in [0.15, 0.2) is 11.4 Å². The number of nitrogens with zero attached hydrogens (tertiary/aromatic N) is 6. The zero-order valence-electron chi connectivity index (χ0n) is 19.9. The predicted octanol–water partition coefficient (Wildman–Crippen LogP) is 1.95. The van der Waals surface area contributed by atoms with Gasteiger partial charge in [-0.3, -0.25) is 9.59 Å². The van der Waals surface area contributed by atoms with Gasteiger partial charge in [-0.25, -0.2) is 9.50 Å². The maximum atomic E-state index is 13.1. The standard InChI is InChI=1S/C22H29N7O4S/c1-12-10-17-25-26-18(14(3)29(17)27-12)21(31)28-8-6-15(7-9-28)20-24-16(11-34-20)19(30)23-13(2)22(32-4)33-5/h10-11,13,15,22H,6-9H2,1-5H3,(H,23,30). The molecule has 4 rings (SSSR count). The Labute approximate surface area is 201 Å². The lowest BCUT2D eigenvalue weighted by Gasteiger charge is -2.31. The van der Waals surface area contributed by atoms with E-state index in [0.29, 0.717) is 35.8 Å². The van der Waals surface area contributed by atoms with Gasteiger partial charge in [0.1, 0.15) is 5.69 Å². The molecule has 0 bridgehead atoms. The van der Waals surface area contributed by atoms with Gasteiger partial charge in [0.05, 0.1) is 22.4 Å². The van der Waals surface area contributed by atoms with E-state index in [-0.39, 0.29) is 23.8 Å². The molecule has 3 aromatic rings. The number of carbonyl (C=O) groups is 2. The van der Waals surface area contributed by atoms with Crippen molar-refractivity contribution >= 4 is 28.8 Å². The van der Waals surface area contributed by atoms with Crippen LogP contribution in [0.3, 0.4) is 0 Å². The summed E-state index contributed by atoms with van der Waals surface area (Å²) in [6.45, 7) is 6.70. The van der Waals surface area contributed by atoms with Crippen molar-refractivity contribution in [3.63, 3.8) is 0 Å². The highest BCUT2D eigenvalue weighted by Crippen LogP contribution is 2.31. The van der Waals surface area contributed by atoms with Crippen LogP contribution in [-0.2, 0) is 9.47 Å². The molecule has 1 N–H and O–H groups in total. The molecule has 182 valence electrons.